The molecule has 31 heavy (non-hydrogen) atoms. The molecule has 1 N–H and O–H groups in total. The van der Waals surface area contributed by atoms with Crippen molar-refractivity contribution in [1.82, 2.24) is 20.0 Å². The molecular weight excluding hydrogens is 418 g/mol. The van der Waals surface area contributed by atoms with E-state index in [9.17, 15) is 4.79 Å². The number of likely N-dealkylation sites (tertiary alicyclic amines) is 1. The molecular formula is C22H24ClN5O3. The smallest absolute Gasteiger partial charge is 0.321 e. The van der Waals surface area contributed by atoms with Crippen LogP contribution >= 0.6 is 11.6 Å². The summed E-state index contributed by atoms with van der Waals surface area (Å²) in [7, 11) is 0. The number of urea groups is 1. The van der Waals surface area contributed by atoms with Gasteiger partial charge in [-0.15, -0.1) is 0 Å². The van der Waals surface area contributed by atoms with Crippen LogP contribution in [0.25, 0.3) is 11.5 Å². The van der Waals surface area contributed by atoms with Crippen LogP contribution in [0.5, 0.6) is 5.75 Å². The Morgan fingerprint density at radius 2 is 2.13 bits per heavy atom. The number of amides is 2. The Hall–Kier alpha value is -3.13. The molecule has 8 nitrogen and oxygen atoms in total. The Bertz CT molecular complexity index is 1020. The standard InChI is InChI=1S/C22H24ClN5O3/c1-2-13-30-19-7-6-16(23)14-18(19)25-22(29)28-11-8-15(9-12-28)21-26-20(27-31-21)17-5-3-4-10-24-17/h3-7,10,14-15H,2,8-9,11-13H2,1H3,(H,25,29). The van der Waals surface area contributed by atoms with E-state index in [-0.39, 0.29) is 11.9 Å². The number of carbonyl (C=O) groups excluding carboxylic acids is 1. The Kier molecular flexibility index (Phi) is 6.66. The number of hydrogen-bond donors (Lipinski definition) is 1. The second-order valence-corrected chi connectivity index (χ2v) is 7.79. The molecule has 9 heteroatoms. The number of pyridine rings is 1. The highest BCUT2D eigenvalue weighted by atomic mass is 35.5. The van der Waals surface area contributed by atoms with E-state index in [0.29, 0.717) is 53.6 Å². The number of nitrogens with zero attached hydrogens (tertiary/aromatic N) is 4. The molecule has 0 unspecified atom stereocenters. The fourth-order valence-electron chi connectivity index (χ4n) is 3.46. The predicted octanol–water partition coefficient (Wildman–Crippen LogP) is 4.99. The Labute approximate surface area is 185 Å². The van der Waals surface area contributed by atoms with Gasteiger partial charge < -0.3 is 19.5 Å². The zero-order chi connectivity index (χ0) is 21.6. The maximum Gasteiger partial charge on any atom is 0.321 e. The zero-order valence-electron chi connectivity index (χ0n) is 17.3. The molecule has 0 aliphatic carbocycles. The number of ether oxygens (including phenoxy) is 1. The van der Waals surface area contributed by atoms with Gasteiger partial charge in [0.2, 0.25) is 11.7 Å². The lowest BCUT2D eigenvalue weighted by Gasteiger charge is -2.30. The predicted molar refractivity (Wildman–Crippen MR) is 117 cm³/mol. The van der Waals surface area contributed by atoms with Crippen molar-refractivity contribution in [1.29, 1.82) is 0 Å². The molecule has 0 spiro atoms. The summed E-state index contributed by atoms with van der Waals surface area (Å²) in [5, 5.41) is 7.51. The fraction of sp³-hybridized carbons (Fsp3) is 0.364. The molecule has 2 amide bonds. The van der Waals surface area contributed by atoms with E-state index >= 15 is 0 Å². The monoisotopic (exact) mass is 441 g/mol. The van der Waals surface area contributed by atoms with Gasteiger partial charge in [-0.05, 0) is 49.6 Å². The summed E-state index contributed by atoms with van der Waals surface area (Å²) in [4.78, 5) is 23.3. The molecule has 3 heterocycles. The van der Waals surface area contributed by atoms with E-state index < -0.39 is 0 Å². The zero-order valence-corrected chi connectivity index (χ0v) is 18.0. The second kappa shape index (κ2) is 9.78. The van der Waals surface area contributed by atoms with E-state index in [1.807, 2.05) is 25.1 Å². The van der Waals surface area contributed by atoms with E-state index in [1.165, 1.54) is 0 Å². The first kappa shape index (κ1) is 21.1. The second-order valence-electron chi connectivity index (χ2n) is 7.35. The largest absolute Gasteiger partial charge is 0.491 e. The lowest BCUT2D eigenvalue weighted by molar-refractivity contribution is 0.187. The number of halogens is 1. The van der Waals surface area contributed by atoms with Crippen LogP contribution in [0.4, 0.5) is 10.5 Å². The quantitative estimate of drug-likeness (QED) is 0.579. The summed E-state index contributed by atoms with van der Waals surface area (Å²) in [6.45, 7) is 3.77. The molecule has 0 bridgehead atoms. The number of aromatic nitrogens is 3. The van der Waals surface area contributed by atoms with Crippen molar-refractivity contribution in [3.8, 4) is 17.3 Å². The summed E-state index contributed by atoms with van der Waals surface area (Å²) in [6.07, 6.45) is 4.06. The Morgan fingerprint density at radius 3 is 2.87 bits per heavy atom. The van der Waals surface area contributed by atoms with Crippen LogP contribution in [0.2, 0.25) is 5.02 Å². The van der Waals surface area contributed by atoms with Crippen LogP contribution in [0.15, 0.2) is 47.1 Å². The molecule has 4 rings (SSSR count). The molecule has 3 aromatic rings. The number of rotatable bonds is 6. The highest BCUT2D eigenvalue weighted by Crippen LogP contribution is 2.31. The van der Waals surface area contributed by atoms with E-state index in [2.05, 4.69) is 20.4 Å². The van der Waals surface area contributed by atoms with Crippen LogP contribution < -0.4 is 10.1 Å². The van der Waals surface area contributed by atoms with Gasteiger partial charge in [-0.25, -0.2) is 4.79 Å². The third-order valence-corrected chi connectivity index (χ3v) is 5.35. The first-order chi connectivity index (χ1) is 15.1. The Morgan fingerprint density at radius 1 is 1.29 bits per heavy atom. The molecule has 2 aromatic heterocycles. The van der Waals surface area contributed by atoms with Crippen LogP contribution in [-0.4, -0.2) is 45.8 Å². The van der Waals surface area contributed by atoms with E-state index in [1.54, 1.807) is 29.3 Å². The van der Waals surface area contributed by atoms with Crippen molar-refractivity contribution in [2.75, 3.05) is 25.0 Å². The van der Waals surface area contributed by atoms with Crippen molar-refractivity contribution >= 4 is 23.3 Å². The van der Waals surface area contributed by atoms with Gasteiger partial charge >= 0.3 is 6.03 Å². The lowest BCUT2D eigenvalue weighted by Crippen LogP contribution is -2.40. The highest BCUT2D eigenvalue weighted by molar-refractivity contribution is 6.31. The van der Waals surface area contributed by atoms with Crippen molar-refractivity contribution < 1.29 is 14.1 Å². The number of nitrogens with one attached hydrogen (secondary N) is 1. The fourth-order valence-corrected chi connectivity index (χ4v) is 3.63. The molecule has 1 aliphatic rings. The molecule has 1 saturated heterocycles. The molecule has 162 valence electrons. The summed E-state index contributed by atoms with van der Waals surface area (Å²) in [5.41, 5.74) is 1.25. The van der Waals surface area contributed by atoms with Gasteiger partial charge in [0.1, 0.15) is 11.4 Å². The maximum absolute atomic E-state index is 12.8. The van der Waals surface area contributed by atoms with E-state index in [4.69, 9.17) is 20.9 Å². The van der Waals surface area contributed by atoms with Crippen LogP contribution in [0, 0.1) is 0 Å². The van der Waals surface area contributed by atoms with Gasteiger partial charge in [0, 0.05) is 30.2 Å². The van der Waals surface area contributed by atoms with Gasteiger partial charge in [-0.2, -0.15) is 4.98 Å². The molecule has 1 aliphatic heterocycles. The molecule has 0 radical (unpaired) electrons. The molecule has 0 atom stereocenters. The summed E-state index contributed by atoms with van der Waals surface area (Å²) in [6, 6.07) is 10.6. The normalized spacial score (nSPS) is 14.5. The van der Waals surface area contributed by atoms with Gasteiger partial charge in [0.05, 0.1) is 12.3 Å². The van der Waals surface area contributed by atoms with Gasteiger partial charge in [0.15, 0.2) is 0 Å². The third-order valence-electron chi connectivity index (χ3n) is 5.11. The summed E-state index contributed by atoms with van der Waals surface area (Å²) in [5.74, 6) is 1.80. The number of carbonyl (C=O) groups is 1. The minimum atomic E-state index is -0.179. The van der Waals surface area contributed by atoms with Crippen molar-refractivity contribution in [3.05, 3.63) is 53.5 Å². The van der Waals surface area contributed by atoms with Gasteiger partial charge in [-0.3, -0.25) is 4.98 Å². The topological polar surface area (TPSA) is 93.4 Å². The molecule has 1 fully saturated rings. The number of anilines is 1. The van der Waals surface area contributed by atoms with Crippen molar-refractivity contribution in [2.24, 2.45) is 0 Å². The van der Waals surface area contributed by atoms with E-state index in [0.717, 1.165) is 19.3 Å². The first-order valence-electron chi connectivity index (χ1n) is 10.4. The average molecular weight is 442 g/mol. The minimum absolute atomic E-state index is 0.114. The molecule has 0 saturated carbocycles. The lowest BCUT2D eigenvalue weighted by atomic mass is 9.97. The van der Waals surface area contributed by atoms with Crippen molar-refractivity contribution in [3.63, 3.8) is 0 Å². The first-order valence-corrected chi connectivity index (χ1v) is 10.7. The number of benzene rings is 1. The summed E-state index contributed by atoms with van der Waals surface area (Å²) < 4.78 is 11.2. The van der Waals surface area contributed by atoms with Crippen LogP contribution in [-0.2, 0) is 0 Å². The molecule has 1 aromatic carbocycles. The van der Waals surface area contributed by atoms with Gasteiger partial charge in [0.25, 0.3) is 0 Å². The van der Waals surface area contributed by atoms with Gasteiger partial charge in [-0.1, -0.05) is 29.7 Å². The number of piperidine rings is 1. The maximum atomic E-state index is 12.8. The minimum Gasteiger partial charge on any atom is -0.491 e. The third kappa shape index (κ3) is 5.14. The number of hydrogen-bond acceptors (Lipinski definition) is 6. The van der Waals surface area contributed by atoms with Crippen LogP contribution in [0.1, 0.15) is 38.0 Å². The Balaban J connectivity index is 1.36. The summed E-state index contributed by atoms with van der Waals surface area (Å²) >= 11 is 6.11. The average Bonchev–Trinajstić information content (AvgIpc) is 3.30. The SMILES string of the molecule is CCCOc1ccc(Cl)cc1NC(=O)N1CCC(c2nc(-c3ccccn3)no2)CC1. The van der Waals surface area contributed by atoms with Crippen molar-refractivity contribution in [2.45, 2.75) is 32.1 Å². The highest BCUT2D eigenvalue weighted by Gasteiger charge is 2.28. The van der Waals surface area contributed by atoms with Crippen LogP contribution in [0.3, 0.4) is 0 Å².